The van der Waals surface area contributed by atoms with Crippen LogP contribution in [-0.4, -0.2) is 36.5 Å². The standard InChI is InChI=1S/C16H17N3O2/c20-15-11-19(9-8-17-15)16(21)18-10-13-6-3-5-12-4-1-2-7-14(12)13/h1-7H,8-11H2,(H,17,20)(H,18,21). The summed E-state index contributed by atoms with van der Waals surface area (Å²) in [7, 11) is 0. The van der Waals surface area contributed by atoms with Crippen LogP contribution in [0.1, 0.15) is 5.56 Å². The van der Waals surface area contributed by atoms with E-state index >= 15 is 0 Å². The molecule has 1 heterocycles. The van der Waals surface area contributed by atoms with Crippen molar-refractivity contribution in [3.63, 3.8) is 0 Å². The van der Waals surface area contributed by atoms with E-state index in [2.05, 4.69) is 22.8 Å². The third-order valence-electron chi connectivity index (χ3n) is 3.64. The van der Waals surface area contributed by atoms with Gasteiger partial charge in [-0.15, -0.1) is 0 Å². The summed E-state index contributed by atoms with van der Waals surface area (Å²) >= 11 is 0. The molecule has 0 saturated carbocycles. The van der Waals surface area contributed by atoms with Crippen LogP contribution < -0.4 is 10.6 Å². The lowest BCUT2D eigenvalue weighted by Crippen LogP contribution is -2.52. The van der Waals surface area contributed by atoms with Gasteiger partial charge in [0.2, 0.25) is 5.91 Å². The van der Waals surface area contributed by atoms with Crippen LogP contribution in [0, 0.1) is 0 Å². The molecule has 0 bridgehead atoms. The van der Waals surface area contributed by atoms with E-state index in [4.69, 9.17) is 0 Å². The van der Waals surface area contributed by atoms with Gasteiger partial charge in [0.25, 0.3) is 0 Å². The molecule has 0 aromatic heterocycles. The summed E-state index contributed by atoms with van der Waals surface area (Å²) in [4.78, 5) is 24.9. The van der Waals surface area contributed by atoms with Crippen LogP contribution in [0.25, 0.3) is 10.8 Å². The number of amides is 3. The molecular formula is C16H17N3O2. The summed E-state index contributed by atoms with van der Waals surface area (Å²) in [5.74, 6) is -0.110. The lowest BCUT2D eigenvalue weighted by molar-refractivity contribution is -0.123. The number of carbonyl (C=O) groups is 2. The minimum absolute atomic E-state index is 0.110. The molecule has 1 fully saturated rings. The number of nitrogens with one attached hydrogen (secondary N) is 2. The molecule has 0 atom stereocenters. The Balaban J connectivity index is 1.69. The number of hydrogen-bond donors (Lipinski definition) is 2. The zero-order valence-corrected chi connectivity index (χ0v) is 11.6. The monoisotopic (exact) mass is 283 g/mol. The number of rotatable bonds is 2. The van der Waals surface area contributed by atoms with Crippen LogP contribution in [0.2, 0.25) is 0 Å². The van der Waals surface area contributed by atoms with Crippen molar-refractivity contribution in [3.05, 3.63) is 48.0 Å². The molecular weight excluding hydrogens is 266 g/mol. The van der Waals surface area contributed by atoms with Gasteiger partial charge in [-0.2, -0.15) is 0 Å². The maximum atomic E-state index is 12.1. The van der Waals surface area contributed by atoms with Crippen LogP contribution in [0.4, 0.5) is 4.79 Å². The molecule has 3 rings (SSSR count). The quantitative estimate of drug-likeness (QED) is 0.877. The van der Waals surface area contributed by atoms with Crippen molar-refractivity contribution < 1.29 is 9.59 Å². The van der Waals surface area contributed by atoms with Gasteiger partial charge in [0.15, 0.2) is 0 Å². The van der Waals surface area contributed by atoms with E-state index in [9.17, 15) is 9.59 Å². The molecule has 5 nitrogen and oxygen atoms in total. The fourth-order valence-electron chi connectivity index (χ4n) is 2.54. The van der Waals surface area contributed by atoms with E-state index in [-0.39, 0.29) is 18.5 Å². The summed E-state index contributed by atoms with van der Waals surface area (Å²) in [6.45, 7) is 1.65. The molecule has 1 aliphatic rings. The Morgan fingerprint density at radius 2 is 2.00 bits per heavy atom. The first-order valence-electron chi connectivity index (χ1n) is 7.00. The summed E-state index contributed by atoms with van der Waals surface area (Å²) in [6, 6.07) is 13.9. The molecule has 1 saturated heterocycles. The van der Waals surface area contributed by atoms with Gasteiger partial charge in [-0.3, -0.25) is 4.79 Å². The molecule has 0 spiro atoms. The molecule has 0 unspecified atom stereocenters. The SMILES string of the molecule is O=C1CN(C(=O)NCc2cccc3ccccc23)CCN1. The highest BCUT2D eigenvalue weighted by Crippen LogP contribution is 2.18. The van der Waals surface area contributed by atoms with Gasteiger partial charge >= 0.3 is 6.03 Å². The number of nitrogens with zero attached hydrogens (tertiary/aromatic N) is 1. The van der Waals surface area contributed by atoms with E-state index in [1.165, 1.54) is 4.90 Å². The summed E-state index contributed by atoms with van der Waals surface area (Å²) in [5, 5.41) is 7.88. The highest BCUT2D eigenvalue weighted by molar-refractivity contribution is 5.87. The third kappa shape index (κ3) is 2.97. The fraction of sp³-hybridized carbons (Fsp3) is 0.250. The van der Waals surface area contributed by atoms with E-state index in [1.807, 2.05) is 30.3 Å². The molecule has 2 N–H and O–H groups in total. The number of carbonyl (C=O) groups excluding carboxylic acids is 2. The predicted molar refractivity (Wildman–Crippen MR) is 80.8 cm³/mol. The number of piperazine rings is 1. The Labute approximate surface area is 122 Å². The number of hydrogen-bond acceptors (Lipinski definition) is 2. The molecule has 108 valence electrons. The fourth-order valence-corrected chi connectivity index (χ4v) is 2.54. The second-order valence-electron chi connectivity index (χ2n) is 5.07. The normalized spacial score (nSPS) is 14.9. The van der Waals surface area contributed by atoms with Crippen LogP contribution in [0.5, 0.6) is 0 Å². The van der Waals surface area contributed by atoms with E-state index in [0.717, 1.165) is 16.3 Å². The largest absolute Gasteiger partial charge is 0.353 e. The Morgan fingerprint density at radius 3 is 2.86 bits per heavy atom. The maximum Gasteiger partial charge on any atom is 0.318 e. The van der Waals surface area contributed by atoms with Crippen molar-refractivity contribution in [2.45, 2.75) is 6.54 Å². The topological polar surface area (TPSA) is 61.4 Å². The first-order valence-corrected chi connectivity index (χ1v) is 7.00. The van der Waals surface area contributed by atoms with Gasteiger partial charge in [-0.1, -0.05) is 42.5 Å². The number of urea groups is 1. The van der Waals surface area contributed by atoms with Gasteiger partial charge in [-0.05, 0) is 16.3 Å². The predicted octanol–water partition coefficient (Wildman–Crippen LogP) is 1.48. The molecule has 0 aliphatic carbocycles. The van der Waals surface area contributed by atoms with Crippen molar-refractivity contribution in [2.24, 2.45) is 0 Å². The zero-order valence-electron chi connectivity index (χ0n) is 11.6. The van der Waals surface area contributed by atoms with Gasteiger partial charge in [-0.25, -0.2) is 4.79 Å². The van der Waals surface area contributed by atoms with Crippen molar-refractivity contribution >= 4 is 22.7 Å². The van der Waals surface area contributed by atoms with Crippen molar-refractivity contribution in [2.75, 3.05) is 19.6 Å². The average molecular weight is 283 g/mol. The van der Waals surface area contributed by atoms with Gasteiger partial charge < -0.3 is 15.5 Å². The highest BCUT2D eigenvalue weighted by atomic mass is 16.2. The molecule has 21 heavy (non-hydrogen) atoms. The summed E-state index contributed by atoms with van der Waals surface area (Å²) < 4.78 is 0. The van der Waals surface area contributed by atoms with Crippen LogP contribution >= 0.6 is 0 Å². The first kappa shape index (κ1) is 13.4. The lowest BCUT2D eigenvalue weighted by Gasteiger charge is -2.26. The van der Waals surface area contributed by atoms with Gasteiger partial charge in [0.1, 0.15) is 6.54 Å². The van der Waals surface area contributed by atoms with E-state index in [0.29, 0.717) is 19.6 Å². The number of benzene rings is 2. The molecule has 0 radical (unpaired) electrons. The minimum Gasteiger partial charge on any atom is -0.353 e. The van der Waals surface area contributed by atoms with Gasteiger partial charge in [0, 0.05) is 19.6 Å². The van der Waals surface area contributed by atoms with Crippen molar-refractivity contribution in [1.82, 2.24) is 15.5 Å². The summed E-state index contributed by atoms with van der Waals surface area (Å²) in [5.41, 5.74) is 1.07. The van der Waals surface area contributed by atoms with Crippen molar-refractivity contribution in [1.29, 1.82) is 0 Å². The minimum atomic E-state index is -0.196. The Hall–Kier alpha value is -2.56. The third-order valence-corrected chi connectivity index (χ3v) is 3.64. The Bertz CT molecular complexity index is 679. The molecule has 2 aromatic rings. The zero-order chi connectivity index (χ0) is 14.7. The lowest BCUT2D eigenvalue weighted by atomic mass is 10.0. The van der Waals surface area contributed by atoms with Crippen LogP contribution in [-0.2, 0) is 11.3 Å². The first-order chi connectivity index (χ1) is 10.2. The van der Waals surface area contributed by atoms with Crippen LogP contribution in [0.3, 0.4) is 0 Å². The summed E-state index contributed by atoms with van der Waals surface area (Å²) in [6.07, 6.45) is 0. The second kappa shape index (κ2) is 5.83. The van der Waals surface area contributed by atoms with Crippen LogP contribution in [0.15, 0.2) is 42.5 Å². The number of fused-ring (bicyclic) bond motifs is 1. The van der Waals surface area contributed by atoms with Gasteiger partial charge in [0.05, 0.1) is 0 Å². The Kier molecular flexibility index (Phi) is 3.73. The van der Waals surface area contributed by atoms with E-state index in [1.54, 1.807) is 0 Å². The highest BCUT2D eigenvalue weighted by Gasteiger charge is 2.20. The molecule has 5 heteroatoms. The Morgan fingerprint density at radius 1 is 1.19 bits per heavy atom. The van der Waals surface area contributed by atoms with E-state index < -0.39 is 0 Å². The molecule has 2 aromatic carbocycles. The maximum absolute atomic E-state index is 12.1. The van der Waals surface area contributed by atoms with Crippen molar-refractivity contribution in [3.8, 4) is 0 Å². The average Bonchev–Trinajstić information content (AvgIpc) is 2.52. The molecule has 3 amide bonds. The smallest absolute Gasteiger partial charge is 0.318 e. The second-order valence-corrected chi connectivity index (χ2v) is 5.07. The molecule has 1 aliphatic heterocycles.